The van der Waals surface area contributed by atoms with Crippen LogP contribution in [0.1, 0.15) is 114 Å². The first-order chi connectivity index (χ1) is 29.3. The molecule has 0 atom stereocenters. The van der Waals surface area contributed by atoms with Gasteiger partial charge in [-0.25, -0.2) is 0 Å². The zero-order valence-electron chi connectivity index (χ0n) is 42.5. The van der Waals surface area contributed by atoms with Crippen molar-refractivity contribution in [3.05, 3.63) is 110 Å². The number of hydrogen-bond acceptors (Lipinski definition) is 3. The summed E-state index contributed by atoms with van der Waals surface area (Å²) in [5.41, 5.74) is 6.93. The third-order valence-corrected chi connectivity index (χ3v) is 13.7. The second-order valence-corrected chi connectivity index (χ2v) is 20.8. The van der Waals surface area contributed by atoms with E-state index in [1.54, 1.807) is 21.1 Å². The maximum Gasteiger partial charge on any atom is 0.253 e. The summed E-state index contributed by atoms with van der Waals surface area (Å²) in [7, 11) is 0. The molecule has 0 unspecified atom stereocenters. The maximum atomic E-state index is 10.3. The first kappa shape index (κ1) is 22.5. The predicted octanol–water partition coefficient (Wildman–Crippen LogP) is 10.3. The minimum Gasteiger partial charge on any atom is -0.311 e. The van der Waals surface area contributed by atoms with Crippen LogP contribution in [0.5, 0.6) is 0 Å². The molecular formula is C48H51BN2S. The standard InChI is InChI=1S/C48H51BN2S/c1-45(2)20-28-12-14-34(16-30(28)22-45)50-38-10-9-11-39-43(38)49(37-18-32-24-47(5,6)25-33(32)19-40(37)50)42-36-26-48(7,8)27-41(36)52-44(42)51(39)35-15-13-29-21-46(3,4)23-31(29)17-35/h9-19H,20-27H2,1-8H3/i9D,10D,11D,12D,13D,14D,15D,16D,17D,18D,19D. The van der Waals surface area contributed by atoms with Crippen molar-refractivity contribution in [3.63, 3.8) is 0 Å². The van der Waals surface area contributed by atoms with Crippen LogP contribution in [0.2, 0.25) is 0 Å². The molecule has 0 N–H and O–H groups in total. The molecule has 0 amide bonds. The molecule has 11 rings (SSSR count). The van der Waals surface area contributed by atoms with Gasteiger partial charge in [0.25, 0.3) is 6.71 Å². The van der Waals surface area contributed by atoms with Crippen LogP contribution >= 0.6 is 11.3 Å². The molecule has 4 aromatic carbocycles. The Labute approximate surface area is 330 Å². The smallest absolute Gasteiger partial charge is 0.253 e. The van der Waals surface area contributed by atoms with E-state index in [1.165, 1.54) is 0 Å². The van der Waals surface area contributed by atoms with Crippen molar-refractivity contribution in [2.24, 2.45) is 21.7 Å². The lowest BCUT2D eigenvalue weighted by atomic mass is 9.33. The van der Waals surface area contributed by atoms with Gasteiger partial charge in [0.2, 0.25) is 0 Å². The van der Waals surface area contributed by atoms with Gasteiger partial charge in [0, 0.05) is 33.3 Å². The SMILES string of the molecule is [2H]c1c([2H])c2c3c(c1[2H])N(c1c([2H])c([2H])c4c(c1[2H])CC(C)(C)C4)c1c([2H])c4c(c([2H])c1B3c1c(sc3c1CC(C)(C)C3)N2c1c([2H])c([2H])c2c(c1[2H])CC(C)(C)C2)CC(C)(C)C4. The van der Waals surface area contributed by atoms with Gasteiger partial charge in [0.15, 0.2) is 0 Å². The van der Waals surface area contributed by atoms with E-state index < -0.39 is 12.8 Å². The third-order valence-electron chi connectivity index (χ3n) is 12.5. The van der Waals surface area contributed by atoms with Crippen molar-refractivity contribution in [3.8, 4) is 0 Å². The number of nitrogens with zero attached hydrogens (tertiary/aromatic N) is 2. The van der Waals surface area contributed by atoms with E-state index in [4.69, 9.17) is 0 Å². The number of thiophene rings is 1. The summed E-state index contributed by atoms with van der Waals surface area (Å²) in [5.74, 6) is 0. The number of fused-ring (bicyclic) bond motifs is 9. The molecule has 2 aliphatic heterocycles. The Balaban J connectivity index is 1.33. The summed E-state index contributed by atoms with van der Waals surface area (Å²) in [4.78, 5) is 4.48. The van der Waals surface area contributed by atoms with Crippen LogP contribution in [0, 0.1) is 21.7 Å². The number of hydrogen-bond donors (Lipinski definition) is 0. The fourth-order valence-electron chi connectivity index (χ4n) is 10.5. The monoisotopic (exact) mass is 709 g/mol. The Hall–Kier alpha value is -3.76. The normalized spacial score (nSPS) is 24.3. The molecule has 1 aromatic heterocycles. The van der Waals surface area contributed by atoms with Crippen LogP contribution in [0.15, 0.2) is 66.5 Å². The third kappa shape index (κ3) is 4.55. The zero-order chi connectivity index (χ0) is 45.3. The summed E-state index contributed by atoms with van der Waals surface area (Å²) in [5, 5.41) is 0.671. The predicted molar refractivity (Wildman–Crippen MR) is 223 cm³/mol. The molecule has 4 aliphatic carbocycles. The van der Waals surface area contributed by atoms with E-state index in [0.717, 1.165) is 33.5 Å². The lowest BCUT2D eigenvalue weighted by molar-refractivity contribution is 0.392. The van der Waals surface area contributed by atoms with Crippen molar-refractivity contribution in [1.29, 1.82) is 0 Å². The van der Waals surface area contributed by atoms with E-state index in [1.807, 2.05) is 0 Å². The van der Waals surface area contributed by atoms with Crippen molar-refractivity contribution in [2.75, 3.05) is 9.80 Å². The van der Waals surface area contributed by atoms with Crippen molar-refractivity contribution in [2.45, 2.75) is 107 Å². The Morgan fingerprint density at radius 2 is 1.02 bits per heavy atom. The van der Waals surface area contributed by atoms with Gasteiger partial charge in [0.1, 0.15) is 0 Å². The van der Waals surface area contributed by atoms with Crippen LogP contribution < -0.4 is 26.2 Å². The average Bonchev–Trinajstić information content (AvgIpc) is 3.97. The van der Waals surface area contributed by atoms with Crippen LogP contribution in [-0.4, -0.2) is 6.71 Å². The summed E-state index contributed by atoms with van der Waals surface area (Å²) in [6.07, 6.45) is 4.69. The second kappa shape index (κ2) is 10.1. The molecule has 262 valence electrons. The first-order valence-electron chi connectivity index (χ1n) is 24.5. The van der Waals surface area contributed by atoms with Gasteiger partial charge in [-0.2, -0.15) is 0 Å². The first-order valence-corrected chi connectivity index (χ1v) is 19.8. The fraction of sp³-hybridized carbons (Fsp3) is 0.417. The summed E-state index contributed by atoms with van der Waals surface area (Å²) >= 11 is 1.54. The van der Waals surface area contributed by atoms with E-state index in [-0.39, 0.29) is 111 Å². The van der Waals surface area contributed by atoms with Crippen LogP contribution in [0.25, 0.3) is 0 Å². The zero-order valence-corrected chi connectivity index (χ0v) is 32.4. The average molecular weight is 710 g/mol. The number of rotatable bonds is 2. The second-order valence-electron chi connectivity index (χ2n) is 19.7. The van der Waals surface area contributed by atoms with Gasteiger partial charge in [-0.3, -0.25) is 0 Å². The molecule has 2 nitrogen and oxygen atoms in total. The topological polar surface area (TPSA) is 6.48 Å². The lowest BCUT2D eigenvalue weighted by Crippen LogP contribution is -2.61. The van der Waals surface area contributed by atoms with Gasteiger partial charge in [-0.15, -0.1) is 11.3 Å². The Kier molecular flexibility index (Phi) is 4.34. The Morgan fingerprint density at radius 3 is 1.63 bits per heavy atom. The van der Waals surface area contributed by atoms with E-state index in [2.05, 4.69) is 55.4 Å². The highest BCUT2D eigenvalue weighted by Crippen LogP contribution is 2.52. The molecule has 0 spiro atoms. The molecule has 0 bridgehead atoms. The van der Waals surface area contributed by atoms with Crippen molar-refractivity contribution >= 4 is 67.9 Å². The number of benzene rings is 4. The molecular weight excluding hydrogens is 647 g/mol. The van der Waals surface area contributed by atoms with Crippen LogP contribution in [0.4, 0.5) is 33.4 Å². The van der Waals surface area contributed by atoms with Crippen LogP contribution in [0.3, 0.4) is 0 Å². The highest BCUT2D eigenvalue weighted by Gasteiger charge is 2.49. The van der Waals surface area contributed by atoms with Crippen molar-refractivity contribution < 1.29 is 15.1 Å². The van der Waals surface area contributed by atoms with Gasteiger partial charge in [-0.05, 0) is 171 Å². The van der Waals surface area contributed by atoms with E-state index >= 15 is 0 Å². The molecule has 0 saturated carbocycles. The minimum absolute atomic E-state index is 0.0164. The molecule has 6 aliphatic rings. The lowest BCUT2D eigenvalue weighted by Gasteiger charge is -2.43. The molecule has 52 heavy (non-hydrogen) atoms. The molecule has 5 aromatic rings. The Morgan fingerprint density at radius 1 is 0.519 bits per heavy atom. The summed E-state index contributed by atoms with van der Waals surface area (Å²) in [6.45, 7) is 16.3. The minimum atomic E-state index is -0.791. The van der Waals surface area contributed by atoms with Crippen molar-refractivity contribution in [1.82, 2.24) is 0 Å². The highest BCUT2D eigenvalue weighted by atomic mass is 32.1. The summed E-state index contributed by atoms with van der Waals surface area (Å²) in [6, 6.07) is -0.847. The van der Waals surface area contributed by atoms with E-state index in [0.29, 0.717) is 83.1 Å². The van der Waals surface area contributed by atoms with Gasteiger partial charge < -0.3 is 9.80 Å². The van der Waals surface area contributed by atoms with E-state index in [9.17, 15) is 15.1 Å². The summed E-state index contributed by atoms with van der Waals surface area (Å²) < 4.78 is 108. The quantitative estimate of drug-likeness (QED) is 0.165. The van der Waals surface area contributed by atoms with Gasteiger partial charge in [-0.1, -0.05) is 79.6 Å². The number of anilines is 6. The molecule has 0 fully saturated rings. The molecule has 0 radical (unpaired) electrons. The molecule has 3 heterocycles. The highest BCUT2D eigenvalue weighted by molar-refractivity contribution is 7.20. The van der Waals surface area contributed by atoms with Gasteiger partial charge >= 0.3 is 0 Å². The maximum absolute atomic E-state index is 10.3. The largest absolute Gasteiger partial charge is 0.311 e. The Bertz CT molecular complexity index is 3020. The molecule has 4 heteroatoms. The van der Waals surface area contributed by atoms with Crippen LogP contribution in [-0.2, 0) is 51.4 Å². The molecule has 0 saturated heterocycles. The fourth-order valence-corrected chi connectivity index (χ4v) is 12.1. The van der Waals surface area contributed by atoms with Gasteiger partial charge in [0.05, 0.1) is 20.1 Å².